The van der Waals surface area contributed by atoms with Crippen LogP contribution in [0.3, 0.4) is 0 Å². The number of aromatic carboxylic acids is 1. The lowest BCUT2D eigenvalue weighted by molar-refractivity contribution is -0.133. The third-order valence-electron chi connectivity index (χ3n) is 1.87. The first-order chi connectivity index (χ1) is 8.43. The SMILES string of the molecule is Nc1c(C(=O)O)cccc1C(=O)OSCC(=O)O. The number of hydrogen-bond acceptors (Lipinski definition) is 6. The Bertz CT molecular complexity index is 501. The number of anilines is 1. The number of nitrogen functional groups attached to an aromatic ring is 1. The molecule has 4 N–H and O–H groups in total. The quantitative estimate of drug-likeness (QED) is 0.531. The molecule has 0 radical (unpaired) electrons. The third kappa shape index (κ3) is 3.39. The van der Waals surface area contributed by atoms with Gasteiger partial charge in [-0.25, -0.2) is 9.59 Å². The molecule has 0 fully saturated rings. The topological polar surface area (TPSA) is 127 Å². The molecule has 8 heteroatoms. The van der Waals surface area contributed by atoms with Crippen LogP contribution in [0.2, 0.25) is 0 Å². The van der Waals surface area contributed by atoms with Crippen molar-refractivity contribution in [1.82, 2.24) is 0 Å². The zero-order valence-corrected chi connectivity index (χ0v) is 9.77. The van der Waals surface area contributed by atoms with Crippen molar-refractivity contribution in [2.75, 3.05) is 11.5 Å². The van der Waals surface area contributed by atoms with Gasteiger partial charge < -0.3 is 20.1 Å². The maximum atomic E-state index is 11.5. The van der Waals surface area contributed by atoms with Gasteiger partial charge in [-0.05, 0) is 12.1 Å². The molecule has 0 aliphatic rings. The average molecular weight is 271 g/mol. The Labute approximate surface area is 106 Å². The molecule has 0 heterocycles. The summed E-state index contributed by atoms with van der Waals surface area (Å²) in [5.41, 5.74) is 4.96. The van der Waals surface area contributed by atoms with Crippen molar-refractivity contribution in [2.45, 2.75) is 0 Å². The van der Waals surface area contributed by atoms with E-state index in [1.54, 1.807) is 0 Å². The number of carboxylic acids is 2. The van der Waals surface area contributed by atoms with Crippen LogP contribution in [0.25, 0.3) is 0 Å². The smallest absolute Gasteiger partial charge is 0.352 e. The number of para-hydroxylation sites is 1. The lowest BCUT2D eigenvalue weighted by atomic mass is 10.1. The van der Waals surface area contributed by atoms with Crippen LogP contribution >= 0.6 is 12.0 Å². The van der Waals surface area contributed by atoms with Gasteiger partial charge in [0.2, 0.25) is 0 Å². The lowest BCUT2D eigenvalue weighted by Crippen LogP contribution is -2.10. The molecule has 0 amide bonds. The monoisotopic (exact) mass is 271 g/mol. The van der Waals surface area contributed by atoms with E-state index < -0.39 is 23.7 Å². The van der Waals surface area contributed by atoms with Crippen molar-refractivity contribution in [3.63, 3.8) is 0 Å². The average Bonchev–Trinajstić information content (AvgIpc) is 2.28. The molecule has 0 aromatic heterocycles. The van der Waals surface area contributed by atoms with Gasteiger partial charge in [0.05, 0.1) is 28.9 Å². The molecule has 0 unspecified atom stereocenters. The van der Waals surface area contributed by atoms with Crippen LogP contribution < -0.4 is 5.73 Å². The largest absolute Gasteiger partial charge is 0.481 e. The molecular formula is C10H9NO6S. The Morgan fingerprint density at radius 2 is 1.83 bits per heavy atom. The van der Waals surface area contributed by atoms with E-state index in [0.29, 0.717) is 12.0 Å². The minimum absolute atomic E-state index is 0.118. The van der Waals surface area contributed by atoms with Gasteiger partial charge in [-0.3, -0.25) is 4.79 Å². The van der Waals surface area contributed by atoms with Crippen molar-refractivity contribution < 1.29 is 28.8 Å². The summed E-state index contributed by atoms with van der Waals surface area (Å²) in [4.78, 5) is 32.5. The summed E-state index contributed by atoms with van der Waals surface area (Å²) in [5.74, 6) is -3.70. The van der Waals surface area contributed by atoms with E-state index in [-0.39, 0.29) is 16.8 Å². The van der Waals surface area contributed by atoms with Crippen molar-refractivity contribution in [1.29, 1.82) is 0 Å². The number of rotatable bonds is 5. The van der Waals surface area contributed by atoms with Crippen molar-refractivity contribution in [3.8, 4) is 0 Å². The molecule has 0 aliphatic heterocycles. The minimum atomic E-state index is -1.26. The summed E-state index contributed by atoms with van der Waals surface area (Å²) < 4.78 is 4.58. The van der Waals surface area contributed by atoms with Gasteiger partial charge in [-0.2, -0.15) is 0 Å². The molecule has 0 aliphatic carbocycles. The molecule has 7 nitrogen and oxygen atoms in total. The summed E-state index contributed by atoms with van der Waals surface area (Å²) in [5, 5.41) is 17.2. The van der Waals surface area contributed by atoms with Crippen LogP contribution in [0.4, 0.5) is 5.69 Å². The fraction of sp³-hybridized carbons (Fsp3) is 0.100. The standard InChI is InChI=1S/C10H9NO6S/c11-8-5(9(14)15)2-1-3-6(8)10(16)17-18-4-7(12)13/h1-3H,4,11H2,(H,12,13)(H,14,15). The maximum Gasteiger partial charge on any atom is 0.352 e. The Kier molecular flexibility index (Phi) is 4.55. The van der Waals surface area contributed by atoms with Crippen molar-refractivity contribution in [3.05, 3.63) is 29.3 Å². The van der Waals surface area contributed by atoms with Gasteiger partial charge in [0.15, 0.2) is 0 Å². The van der Waals surface area contributed by atoms with Crippen molar-refractivity contribution >= 4 is 35.6 Å². The number of carbonyl (C=O) groups excluding carboxylic acids is 1. The molecular weight excluding hydrogens is 262 g/mol. The van der Waals surface area contributed by atoms with Crippen LogP contribution in [0.1, 0.15) is 20.7 Å². The number of carbonyl (C=O) groups is 3. The zero-order valence-electron chi connectivity index (χ0n) is 8.95. The molecule has 0 bridgehead atoms. The van der Waals surface area contributed by atoms with Crippen molar-refractivity contribution in [2.24, 2.45) is 0 Å². The van der Waals surface area contributed by atoms with Gasteiger partial charge in [-0.15, -0.1) is 0 Å². The summed E-state index contributed by atoms with van der Waals surface area (Å²) in [7, 11) is 0. The number of aliphatic carboxylic acids is 1. The Morgan fingerprint density at radius 3 is 2.39 bits per heavy atom. The second-order valence-electron chi connectivity index (χ2n) is 3.10. The molecule has 1 aromatic rings. The van der Waals surface area contributed by atoms with E-state index >= 15 is 0 Å². The van der Waals surface area contributed by atoms with E-state index in [1.807, 2.05) is 0 Å². The molecule has 18 heavy (non-hydrogen) atoms. The van der Waals surface area contributed by atoms with Crippen LogP contribution in [-0.2, 0) is 8.98 Å². The normalized spacial score (nSPS) is 9.78. The van der Waals surface area contributed by atoms with E-state index in [2.05, 4.69) is 4.18 Å². The van der Waals surface area contributed by atoms with E-state index in [0.717, 1.165) is 0 Å². The molecule has 0 spiro atoms. The fourth-order valence-corrected chi connectivity index (χ4v) is 1.46. The van der Waals surface area contributed by atoms with E-state index in [9.17, 15) is 14.4 Å². The minimum Gasteiger partial charge on any atom is -0.481 e. The molecule has 0 saturated heterocycles. The zero-order chi connectivity index (χ0) is 13.7. The highest BCUT2D eigenvalue weighted by atomic mass is 32.2. The summed E-state index contributed by atoms with van der Waals surface area (Å²) in [6.45, 7) is 0. The third-order valence-corrected chi connectivity index (χ3v) is 2.51. The van der Waals surface area contributed by atoms with Gasteiger partial charge in [0.1, 0.15) is 5.75 Å². The van der Waals surface area contributed by atoms with Crippen LogP contribution in [0, 0.1) is 0 Å². The van der Waals surface area contributed by atoms with Gasteiger partial charge in [-0.1, -0.05) is 6.07 Å². The fourth-order valence-electron chi connectivity index (χ4n) is 1.11. The Balaban J connectivity index is 2.83. The lowest BCUT2D eigenvalue weighted by Gasteiger charge is -2.06. The first kappa shape index (κ1) is 13.8. The van der Waals surface area contributed by atoms with Crippen LogP contribution in [0.5, 0.6) is 0 Å². The predicted octanol–water partition coefficient (Wildman–Crippen LogP) is 0.857. The highest BCUT2D eigenvalue weighted by molar-refractivity contribution is 7.95. The Hall–Kier alpha value is -2.22. The van der Waals surface area contributed by atoms with Gasteiger partial charge >= 0.3 is 17.9 Å². The summed E-state index contributed by atoms with van der Waals surface area (Å²) >= 11 is 0.435. The van der Waals surface area contributed by atoms with Crippen LogP contribution in [0.15, 0.2) is 18.2 Å². The van der Waals surface area contributed by atoms with Gasteiger partial charge in [0, 0.05) is 0 Å². The number of benzene rings is 1. The molecule has 1 aromatic carbocycles. The highest BCUT2D eigenvalue weighted by Crippen LogP contribution is 2.20. The molecule has 1 rings (SSSR count). The highest BCUT2D eigenvalue weighted by Gasteiger charge is 2.17. The molecule has 0 atom stereocenters. The van der Waals surface area contributed by atoms with E-state index in [1.165, 1.54) is 18.2 Å². The first-order valence-corrected chi connectivity index (χ1v) is 5.52. The number of hydrogen-bond donors (Lipinski definition) is 3. The summed E-state index contributed by atoms with van der Waals surface area (Å²) in [6.07, 6.45) is 0. The number of carboxylic acid groups (broad SMARTS) is 2. The second kappa shape index (κ2) is 5.92. The summed E-state index contributed by atoms with van der Waals surface area (Å²) in [6, 6.07) is 3.89. The first-order valence-electron chi connectivity index (χ1n) is 4.61. The van der Waals surface area contributed by atoms with Gasteiger partial charge in [0.25, 0.3) is 0 Å². The van der Waals surface area contributed by atoms with Crippen LogP contribution in [-0.4, -0.2) is 33.9 Å². The molecule has 96 valence electrons. The second-order valence-corrected chi connectivity index (χ2v) is 3.79. The Morgan fingerprint density at radius 1 is 1.22 bits per heavy atom. The van der Waals surface area contributed by atoms with E-state index in [4.69, 9.17) is 15.9 Å². The number of nitrogens with two attached hydrogens (primary N) is 1. The maximum absolute atomic E-state index is 11.5. The predicted molar refractivity (Wildman–Crippen MR) is 63.3 cm³/mol. The molecule has 0 saturated carbocycles.